The zero-order valence-electron chi connectivity index (χ0n) is 8.45. The number of nitrogens with two attached hydrogens (primary N) is 1. The summed E-state index contributed by atoms with van der Waals surface area (Å²) in [5.74, 6) is 0.693. The van der Waals surface area contributed by atoms with Crippen LogP contribution < -0.4 is 10.5 Å². The molecule has 74 valence electrons. The third-order valence-electron chi connectivity index (χ3n) is 2.00. The summed E-state index contributed by atoms with van der Waals surface area (Å²) in [4.78, 5) is 0. The van der Waals surface area contributed by atoms with E-state index in [1.54, 1.807) is 6.07 Å². The molecule has 0 saturated carbocycles. The van der Waals surface area contributed by atoms with Gasteiger partial charge in [-0.2, -0.15) is 5.26 Å². The molecule has 14 heavy (non-hydrogen) atoms. The van der Waals surface area contributed by atoms with Crippen LogP contribution in [0.15, 0.2) is 18.2 Å². The molecule has 3 nitrogen and oxygen atoms in total. The monoisotopic (exact) mass is 190 g/mol. The minimum Gasteiger partial charge on any atom is -0.475 e. The Morgan fingerprint density at radius 2 is 2.29 bits per heavy atom. The number of hydrogen-bond donors (Lipinski definition) is 1. The van der Waals surface area contributed by atoms with E-state index in [0.717, 1.165) is 5.56 Å². The molecule has 0 bridgehead atoms. The predicted molar refractivity (Wildman–Crippen MR) is 55.9 cm³/mol. The largest absolute Gasteiger partial charge is 0.475 e. The Morgan fingerprint density at radius 3 is 2.86 bits per heavy atom. The van der Waals surface area contributed by atoms with Crippen molar-refractivity contribution in [2.24, 2.45) is 0 Å². The molecule has 1 aromatic rings. The molecule has 1 rings (SSSR count). The zero-order chi connectivity index (χ0) is 10.6. The van der Waals surface area contributed by atoms with E-state index in [9.17, 15) is 0 Å². The van der Waals surface area contributed by atoms with E-state index >= 15 is 0 Å². The first-order valence-corrected chi connectivity index (χ1v) is 4.59. The summed E-state index contributed by atoms with van der Waals surface area (Å²) in [7, 11) is 0. The van der Waals surface area contributed by atoms with Gasteiger partial charge in [-0.1, -0.05) is 13.0 Å². The lowest BCUT2D eigenvalue weighted by Gasteiger charge is -2.12. The van der Waals surface area contributed by atoms with Crippen molar-refractivity contribution in [1.29, 1.82) is 5.26 Å². The van der Waals surface area contributed by atoms with Crippen molar-refractivity contribution in [2.75, 3.05) is 5.73 Å². The molecular formula is C11H14N2O. The number of anilines is 1. The third-order valence-corrected chi connectivity index (χ3v) is 2.00. The van der Waals surface area contributed by atoms with Crippen molar-refractivity contribution in [2.45, 2.75) is 26.4 Å². The van der Waals surface area contributed by atoms with E-state index < -0.39 is 6.10 Å². The summed E-state index contributed by atoms with van der Waals surface area (Å²) in [6.07, 6.45) is 0.278. The topological polar surface area (TPSA) is 59.0 Å². The summed E-state index contributed by atoms with van der Waals surface area (Å²) in [6, 6.07) is 7.53. The molecule has 0 aliphatic rings. The molecule has 2 N–H and O–H groups in total. The van der Waals surface area contributed by atoms with E-state index in [0.29, 0.717) is 17.9 Å². The van der Waals surface area contributed by atoms with Crippen molar-refractivity contribution in [3.63, 3.8) is 0 Å². The first-order valence-electron chi connectivity index (χ1n) is 4.59. The van der Waals surface area contributed by atoms with Crippen molar-refractivity contribution >= 4 is 5.69 Å². The van der Waals surface area contributed by atoms with Gasteiger partial charge in [-0.05, 0) is 25.0 Å². The molecule has 0 radical (unpaired) electrons. The van der Waals surface area contributed by atoms with Crippen LogP contribution in [-0.2, 0) is 0 Å². The number of nitrogens with zero attached hydrogens (tertiary/aromatic N) is 1. The molecule has 0 heterocycles. The normalized spacial score (nSPS) is 11.8. The maximum absolute atomic E-state index is 8.74. The van der Waals surface area contributed by atoms with Gasteiger partial charge < -0.3 is 10.5 Å². The highest BCUT2D eigenvalue weighted by molar-refractivity contribution is 5.48. The van der Waals surface area contributed by atoms with Crippen LogP contribution >= 0.6 is 0 Å². The molecule has 0 saturated heterocycles. The van der Waals surface area contributed by atoms with Crippen molar-refractivity contribution in [3.8, 4) is 11.8 Å². The molecule has 0 fully saturated rings. The fourth-order valence-electron chi connectivity index (χ4n) is 1.10. The summed E-state index contributed by atoms with van der Waals surface area (Å²) in [5.41, 5.74) is 7.27. The van der Waals surface area contributed by atoms with Crippen LogP contribution in [0, 0.1) is 18.3 Å². The van der Waals surface area contributed by atoms with Gasteiger partial charge in [-0.15, -0.1) is 0 Å². The minimum absolute atomic E-state index is 0.393. The Balaban J connectivity index is 2.86. The summed E-state index contributed by atoms with van der Waals surface area (Å²) >= 11 is 0. The highest BCUT2D eigenvalue weighted by Crippen LogP contribution is 2.22. The van der Waals surface area contributed by atoms with Gasteiger partial charge in [-0.25, -0.2) is 0 Å². The van der Waals surface area contributed by atoms with E-state index in [-0.39, 0.29) is 0 Å². The molecule has 0 aromatic heterocycles. The van der Waals surface area contributed by atoms with E-state index in [1.807, 2.05) is 26.0 Å². The lowest BCUT2D eigenvalue weighted by Crippen LogP contribution is -2.13. The van der Waals surface area contributed by atoms with Gasteiger partial charge >= 0.3 is 0 Å². The van der Waals surface area contributed by atoms with Crippen LogP contribution in [-0.4, -0.2) is 6.10 Å². The van der Waals surface area contributed by atoms with Crippen molar-refractivity contribution in [3.05, 3.63) is 23.8 Å². The number of benzene rings is 1. The van der Waals surface area contributed by atoms with Gasteiger partial charge in [0.05, 0.1) is 0 Å². The highest BCUT2D eigenvalue weighted by Gasteiger charge is 2.07. The Morgan fingerprint density at radius 1 is 1.57 bits per heavy atom. The average Bonchev–Trinajstić information content (AvgIpc) is 2.19. The van der Waals surface area contributed by atoms with Gasteiger partial charge in [0.25, 0.3) is 0 Å². The summed E-state index contributed by atoms with van der Waals surface area (Å²) < 4.78 is 5.48. The molecular weight excluding hydrogens is 176 g/mol. The SMILES string of the molecule is CCC(C#N)Oc1cc(N)ccc1C. The number of rotatable bonds is 3. The molecule has 1 unspecified atom stereocenters. The summed E-state index contributed by atoms with van der Waals surface area (Å²) in [5, 5.41) is 8.74. The van der Waals surface area contributed by atoms with Crippen LogP contribution in [0.5, 0.6) is 5.75 Å². The molecule has 0 amide bonds. The smallest absolute Gasteiger partial charge is 0.184 e. The van der Waals surface area contributed by atoms with E-state index in [2.05, 4.69) is 6.07 Å². The fourth-order valence-corrected chi connectivity index (χ4v) is 1.10. The second-order valence-corrected chi connectivity index (χ2v) is 3.17. The van der Waals surface area contributed by atoms with Crippen LogP contribution in [0.1, 0.15) is 18.9 Å². The van der Waals surface area contributed by atoms with Gasteiger partial charge in [-0.3, -0.25) is 0 Å². The highest BCUT2D eigenvalue weighted by atomic mass is 16.5. The standard InChI is InChI=1S/C11H14N2O/c1-3-10(7-12)14-11-6-9(13)5-4-8(11)2/h4-6,10H,3,13H2,1-2H3. The predicted octanol–water partition coefficient (Wildman–Crippen LogP) is 2.26. The Labute approximate surface area is 84.1 Å². The van der Waals surface area contributed by atoms with E-state index in [4.69, 9.17) is 15.7 Å². The third kappa shape index (κ3) is 2.40. The molecule has 0 spiro atoms. The van der Waals surface area contributed by atoms with Crippen molar-refractivity contribution < 1.29 is 4.74 Å². The van der Waals surface area contributed by atoms with Gasteiger partial charge in [0, 0.05) is 11.8 Å². The maximum Gasteiger partial charge on any atom is 0.184 e. The summed E-state index contributed by atoms with van der Waals surface area (Å²) in [6.45, 7) is 3.84. The maximum atomic E-state index is 8.74. The molecule has 3 heteroatoms. The number of hydrogen-bond acceptors (Lipinski definition) is 3. The first kappa shape index (κ1) is 10.4. The minimum atomic E-state index is -0.393. The molecule has 1 aromatic carbocycles. The molecule has 0 aliphatic heterocycles. The lowest BCUT2D eigenvalue weighted by molar-refractivity contribution is 0.250. The van der Waals surface area contributed by atoms with Gasteiger partial charge in [0.1, 0.15) is 11.8 Å². The Kier molecular flexibility index (Phi) is 3.35. The second kappa shape index (κ2) is 4.52. The van der Waals surface area contributed by atoms with Gasteiger partial charge in [0.15, 0.2) is 6.10 Å². The van der Waals surface area contributed by atoms with Gasteiger partial charge in [0.2, 0.25) is 0 Å². The quantitative estimate of drug-likeness (QED) is 0.744. The molecule has 1 atom stereocenters. The average molecular weight is 190 g/mol. The first-order chi connectivity index (χ1) is 6.67. The van der Waals surface area contributed by atoms with Crippen LogP contribution in [0.4, 0.5) is 5.69 Å². The van der Waals surface area contributed by atoms with Crippen molar-refractivity contribution in [1.82, 2.24) is 0 Å². The van der Waals surface area contributed by atoms with Crippen LogP contribution in [0.3, 0.4) is 0 Å². The number of nitriles is 1. The zero-order valence-corrected chi connectivity index (χ0v) is 8.45. The second-order valence-electron chi connectivity index (χ2n) is 3.17. The van der Waals surface area contributed by atoms with E-state index in [1.165, 1.54) is 0 Å². The Hall–Kier alpha value is -1.69. The number of ether oxygens (including phenoxy) is 1. The lowest BCUT2D eigenvalue weighted by atomic mass is 10.2. The Bertz CT molecular complexity index is 355. The van der Waals surface area contributed by atoms with Crippen LogP contribution in [0.25, 0.3) is 0 Å². The van der Waals surface area contributed by atoms with Crippen LogP contribution in [0.2, 0.25) is 0 Å². The fraction of sp³-hybridized carbons (Fsp3) is 0.364. The number of nitrogen functional groups attached to an aromatic ring is 1. The molecule has 0 aliphatic carbocycles. The number of aryl methyl sites for hydroxylation is 1.